The first-order valence-corrected chi connectivity index (χ1v) is 11.6. The molecule has 3 aromatic rings. The van der Waals surface area contributed by atoms with Crippen LogP contribution in [0, 0.1) is 0 Å². The summed E-state index contributed by atoms with van der Waals surface area (Å²) in [6, 6.07) is 17.1. The van der Waals surface area contributed by atoms with Crippen molar-refractivity contribution in [2.45, 2.75) is 12.6 Å². The molecule has 8 nitrogen and oxygen atoms in total. The Morgan fingerprint density at radius 3 is 2.16 bits per heavy atom. The zero-order valence-corrected chi connectivity index (χ0v) is 21.1. The van der Waals surface area contributed by atoms with Gasteiger partial charge in [0.15, 0.2) is 0 Å². The molecule has 1 saturated heterocycles. The molecular formula is C28H24ClNO7. The molecule has 3 aromatic carbocycles. The number of carbonyl (C=O) groups is 3. The number of amides is 1. The molecule has 4 rings (SSSR count). The van der Waals surface area contributed by atoms with Crippen molar-refractivity contribution in [2.75, 3.05) is 21.3 Å². The lowest BCUT2D eigenvalue weighted by Gasteiger charge is -2.25. The van der Waals surface area contributed by atoms with E-state index in [2.05, 4.69) is 0 Å². The minimum absolute atomic E-state index is 0.0590. The summed E-state index contributed by atoms with van der Waals surface area (Å²) in [4.78, 5) is 39.7. The first kappa shape index (κ1) is 25.8. The van der Waals surface area contributed by atoms with Gasteiger partial charge in [0.05, 0.1) is 43.5 Å². The van der Waals surface area contributed by atoms with Crippen molar-refractivity contribution in [3.63, 3.8) is 0 Å². The standard InChI is InChI=1S/C28H24ClNO7/c1-35-20-11-8-17(9-12-20)24-23(25(31)19-10-13-21(29)22(14-19)36-2)26(32)27(33)30(24)15-16-4-6-18(7-5-16)28(34)37-3/h4-14,24,31H,15H2,1-3H3/b25-23-. The Balaban J connectivity index is 1.81. The number of nitrogens with zero attached hydrogens (tertiary/aromatic N) is 1. The number of methoxy groups -OCH3 is 3. The number of hydrogen-bond donors (Lipinski definition) is 1. The summed E-state index contributed by atoms with van der Waals surface area (Å²) in [5, 5.41) is 11.6. The van der Waals surface area contributed by atoms with Crippen LogP contribution in [0.3, 0.4) is 0 Å². The zero-order chi connectivity index (χ0) is 26.7. The highest BCUT2D eigenvalue weighted by atomic mass is 35.5. The van der Waals surface area contributed by atoms with Crippen LogP contribution in [0.1, 0.15) is 33.1 Å². The van der Waals surface area contributed by atoms with Gasteiger partial charge in [-0.25, -0.2) is 4.79 Å². The Kier molecular flexibility index (Phi) is 7.50. The van der Waals surface area contributed by atoms with Gasteiger partial charge in [-0.3, -0.25) is 9.59 Å². The molecule has 1 N–H and O–H groups in total. The number of likely N-dealkylation sites (tertiary alicyclic amines) is 1. The summed E-state index contributed by atoms with van der Waals surface area (Å²) in [5.41, 5.74) is 1.86. The van der Waals surface area contributed by atoms with Crippen LogP contribution >= 0.6 is 11.6 Å². The molecule has 0 bridgehead atoms. The summed E-state index contributed by atoms with van der Waals surface area (Å²) in [7, 11) is 4.26. The molecule has 9 heteroatoms. The van der Waals surface area contributed by atoms with Gasteiger partial charge in [0.1, 0.15) is 17.3 Å². The van der Waals surface area contributed by atoms with Crippen LogP contribution in [0.15, 0.2) is 72.3 Å². The first-order valence-electron chi connectivity index (χ1n) is 11.2. The maximum absolute atomic E-state index is 13.3. The molecule has 0 radical (unpaired) electrons. The number of hydrogen-bond acceptors (Lipinski definition) is 7. The van der Waals surface area contributed by atoms with Crippen molar-refractivity contribution in [3.05, 3.63) is 99.6 Å². The fraction of sp³-hybridized carbons (Fsp3) is 0.179. The lowest BCUT2D eigenvalue weighted by atomic mass is 9.95. The summed E-state index contributed by atoms with van der Waals surface area (Å²) >= 11 is 6.13. The highest BCUT2D eigenvalue weighted by Crippen LogP contribution is 2.41. The van der Waals surface area contributed by atoms with Crippen molar-refractivity contribution < 1.29 is 33.7 Å². The zero-order valence-electron chi connectivity index (χ0n) is 20.4. The molecule has 190 valence electrons. The highest BCUT2D eigenvalue weighted by molar-refractivity contribution is 6.46. The van der Waals surface area contributed by atoms with E-state index in [1.54, 1.807) is 54.6 Å². The van der Waals surface area contributed by atoms with E-state index in [9.17, 15) is 19.5 Å². The molecule has 1 aliphatic rings. The largest absolute Gasteiger partial charge is 0.507 e. The third kappa shape index (κ3) is 5.01. The summed E-state index contributed by atoms with van der Waals surface area (Å²) in [6.07, 6.45) is 0. The maximum atomic E-state index is 13.3. The van der Waals surface area contributed by atoms with Crippen molar-refractivity contribution in [1.82, 2.24) is 4.90 Å². The Labute approximate surface area is 218 Å². The molecule has 1 heterocycles. The molecule has 37 heavy (non-hydrogen) atoms. The molecule has 1 unspecified atom stereocenters. The number of aliphatic hydroxyl groups excluding tert-OH is 1. The third-order valence-electron chi connectivity index (χ3n) is 6.12. The van der Waals surface area contributed by atoms with E-state index in [0.29, 0.717) is 33.2 Å². The van der Waals surface area contributed by atoms with E-state index >= 15 is 0 Å². The third-order valence-corrected chi connectivity index (χ3v) is 6.44. The van der Waals surface area contributed by atoms with E-state index in [0.717, 1.165) is 0 Å². The Hall–Kier alpha value is -4.30. The normalized spacial score (nSPS) is 16.5. The number of aliphatic hydroxyl groups is 1. The van der Waals surface area contributed by atoms with Crippen molar-refractivity contribution in [3.8, 4) is 11.5 Å². The number of esters is 1. The minimum Gasteiger partial charge on any atom is -0.507 e. The van der Waals surface area contributed by atoms with Crippen LogP contribution in [-0.4, -0.2) is 49.0 Å². The predicted molar refractivity (Wildman–Crippen MR) is 137 cm³/mol. The molecular weight excluding hydrogens is 498 g/mol. The molecule has 0 saturated carbocycles. The Morgan fingerprint density at radius 2 is 1.57 bits per heavy atom. The average molecular weight is 522 g/mol. The van der Waals surface area contributed by atoms with E-state index in [1.807, 2.05) is 0 Å². The van der Waals surface area contributed by atoms with E-state index in [1.165, 1.54) is 38.4 Å². The number of ether oxygens (including phenoxy) is 3. The summed E-state index contributed by atoms with van der Waals surface area (Å²) in [6.45, 7) is 0.0590. The van der Waals surface area contributed by atoms with Crippen LogP contribution in [0.2, 0.25) is 5.02 Å². The van der Waals surface area contributed by atoms with E-state index in [-0.39, 0.29) is 23.4 Å². The van der Waals surface area contributed by atoms with Gasteiger partial charge in [-0.2, -0.15) is 0 Å². The summed E-state index contributed by atoms with van der Waals surface area (Å²) in [5.74, 6) is -1.51. The predicted octanol–water partition coefficient (Wildman–Crippen LogP) is 4.77. The quantitative estimate of drug-likeness (QED) is 0.207. The molecule has 1 fully saturated rings. The Bertz CT molecular complexity index is 1380. The molecule has 1 amide bonds. The maximum Gasteiger partial charge on any atom is 0.337 e. The van der Waals surface area contributed by atoms with Gasteiger partial charge in [0.25, 0.3) is 11.7 Å². The molecule has 0 spiro atoms. The fourth-order valence-electron chi connectivity index (χ4n) is 4.20. The van der Waals surface area contributed by atoms with E-state index in [4.69, 9.17) is 25.8 Å². The van der Waals surface area contributed by atoms with Crippen LogP contribution in [0.25, 0.3) is 5.76 Å². The fourth-order valence-corrected chi connectivity index (χ4v) is 4.39. The molecule has 1 atom stereocenters. The lowest BCUT2D eigenvalue weighted by molar-refractivity contribution is -0.140. The second-order valence-electron chi connectivity index (χ2n) is 8.24. The first-order chi connectivity index (χ1) is 17.8. The Morgan fingerprint density at radius 1 is 0.919 bits per heavy atom. The highest BCUT2D eigenvalue weighted by Gasteiger charge is 2.46. The van der Waals surface area contributed by atoms with Crippen molar-refractivity contribution in [2.24, 2.45) is 0 Å². The average Bonchev–Trinajstić information content (AvgIpc) is 3.17. The van der Waals surface area contributed by atoms with E-state index < -0.39 is 23.7 Å². The van der Waals surface area contributed by atoms with Crippen molar-refractivity contribution in [1.29, 1.82) is 0 Å². The minimum atomic E-state index is -0.882. The molecule has 0 aromatic heterocycles. The van der Waals surface area contributed by atoms with Crippen molar-refractivity contribution >= 4 is 35.0 Å². The SMILES string of the molecule is COC(=O)c1ccc(CN2C(=O)C(=O)/C(=C(\O)c3ccc(Cl)c(OC)c3)C2c2ccc(OC)cc2)cc1. The van der Waals surface area contributed by atoms with Gasteiger partial charge in [-0.05, 0) is 53.6 Å². The monoisotopic (exact) mass is 521 g/mol. The van der Waals surface area contributed by atoms with Gasteiger partial charge in [0, 0.05) is 12.1 Å². The number of halogens is 1. The number of rotatable bonds is 7. The second kappa shape index (κ2) is 10.8. The smallest absolute Gasteiger partial charge is 0.337 e. The topological polar surface area (TPSA) is 102 Å². The summed E-state index contributed by atoms with van der Waals surface area (Å²) < 4.78 is 15.2. The van der Waals surface area contributed by atoms with Crippen LogP contribution < -0.4 is 9.47 Å². The van der Waals surface area contributed by atoms with Crippen LogP contribution in [-0.2, 0) is 20.9 Å². The molecule has 1 aliphatic heterocycles. The molecule has 0 aliphatic carbocycles. The number of ketones is 1. The number of benzene rings is 3. The second-order valence-corrected chi connectivity index (χ2v) is 8.65. The number of carbonyl (C=O) groups excluding carboxylic acids is 3. The van der Waals surface area contributed by atoms with Gasteiger partial charge in [-0.1, -0.05) is 35.9 Å². The van der Waals surface area contributed by atoms with Gasteiger partial charge in [-0.15, -0.1) is 0 Å². The van der Waals surface area contributed by atoms with Crippen LogP contribution in [0.4, 0.5) is 0 Å². The van der Waals surface area contributed by atoms with Gasteiger partial charge in [0.2, 0.25) is 0 Å². The van der Waals surface area contributed by atoms with Crippen LogP contribution in [0.5, 0.6) is 11.5 Å². The number of Topliss-reactive ketones (excluding diaryl/α,β-unsaturated/α-hetero) is 1. The van der Waals surface area contributed by atoms with Gasteiger partial charge >= 0.3 is 5.97 Å². The lowest BCUT2D eigenvalue weighted by Crippen LogP contribution is -2.29. The van der Waals surface area contributed by atoms with Gasteiger partial charge < -0.3 is 24.2 Å².